The maximum absolute atomic E-state index is 12.1. The van der Waals surface area contributed by atoms with Crippen LogP contribution in [0.1, 0.15) is 20.7 Å². The lowest BCUT2D eigenvalue weighted by atomic mass is 10.2. The van der Waals surface area contributed by atoms with Crippen LogP contribution in [0, 0.1) is 10.1 Å². The van der Waals surface area contributed by atoms with E-state index in [0.717, 1.165) is 6.07 Å². The summed E-state index contributed by atoms with van der Waals surface area (Å²) in [6.07, 6.45) is 0. The number of rotatable bonds is 4. The zero-order valence-corrected chi connectivity index (χ0v) is 12.6. The fraction of sp³-hybridized carbons (Fsp3) is 0.0667. The number of methoxy groups -OCH3 is 1. The zero-order chi connectivity index (χ0) is 17.0. The van der Waals surface area contributed by atoms with Gasteiger partial charge in [0.05, 0.1) is 17.6 Å². The minimum absolute atomic E-state index is 0.0121. The molecule has 118 valence electrons. The molecule has 0 aliphatic heterocycles. The van der Waals surface area contributed by atoms with E-state index in [1.54, 1.807) is 12.1 Å². The summed E-state index contributed by atoms with van der Waals surface area (Å²) in [4.78, 5) is 33.9. The van der Waals surface area contributed by atoms with Crippen molar-refractivity contribution in [2.75, 3.05) is 7.11 Å². The second-order valence-corrected chi connectivity index (χ2v) is 4.71. The van der Waals surface area contributed by atoms with Gasteiger partial charge in [-0.05, 0) is 24.3 Å². The number of carbonyl (C=O) groups is 2. The average molecular weight is 336 g/mol. The van der Waals surface area contributed by atoms with Crippen LogP contribution >= 0.6 is 11.6 Å². The Morgan fingerprint density at radius 1 is 1.13 bits per heavy atom. The molecular weight excluding hydrogens is 326 g/mol. The molecule has 0 N–H and O–H groups in total. The maximum atomic E-state index is 12.1. The van der Waals surface area contributed by atoms with E-state index in [4.69, 9.17) is 16.3 Å². The Labute approximate surface area is 135 Å². The Morgan fingerprint density at radius 2 is 1.83 bits per heavy atom. The van der Waals surface area contributed by atoms with E-state index >= 15 is 0 Å². The number of ether oxygens (including phenoxy) is 2. The first-order valence-corrected chi connectivity index (χ1v) is 6.65. The first kappa shape index (κ1) is 16.4. The molecule has 8 heteroatoms. The molecule has 0 unspecified atom stereocenters. The molecule has 0 bridgehead atoms. The summed E-state index contributed by atoms with van der Waals surface area (Å²) in [5, 5.41) is 10.7. The minimum atomic E-state index is -0.860. The van der Waals surface area contributed by atoms with Crippen LogP contribution in [0.4, 0.5) is 5.69 Å². The number of hydrogen-bond donors (Lipinski definition) is 0. The van der Waals surface area contributed by atoms with Gasteiger partial charge in [0.1, 0.15) is 16.3 Å². The fourth-order valence-corrected chi connectivity index (χ4v) is 1.96. The van der Waals surface area contributed by atoms with Crippen molar-refractivity contribution in [3.05, 3.63) is 68.7 Å². The highest BCUT2D eigenvalue weighted by Gasteiger charge is 2.20. The van der Waals surface area contributed by atoms with Crippen LogP contribution < -0.4 is 4.74 Å². The van der Waals surface area contributed by atoms with E-state index < -0.39 is 22.5 Å². The molecule has 23 heavy (non-hydrogen) atoms. The molecule has 2 aromatic rings. The van der Waals surface area contributed by atoms with Crippen LogP contribution in [-0.4, -0.2) is 24.0 Å². The third kappa shape index (κ3) is 3.64. The van der Waals surface area contributed by atoms with E-state index in [1.165, 1.54) is 31.4 Å². The predicted molar refractivity (Wildman–Crippen MR) is 80.8 cm³/mol. The van der Waals surface area contributed by atoms with Crippen LogP contribution in [0.25, 0.3) is 0 Å². The highest BCUT2D eigenvalue weighted by Crippen LogP contribution is 2.26. The summed E-state index contributed by atoms with van der Waals surface area (Å²) in [7, 11) is 1.20. The summed E-state index contributed by atoms with van der Waals surface area (Å²) in [5.41, 5.74) is -0.421. The van der Waals surface area contributed by atoms with E-state index in [9.17, 15) is 19.7 Å². The van der Waals surface area contributed by atoms with Crippen molar-refractivity contribution in [3.8, 4) is 5.75 Å². The van der Waals surface area contributed by atoms with E-state index in [0.29, 0.717) is 0 Å². The number of halogens is 1. The van der Waals surface area contributed by atoms with Crippen molar-refractivity contribution in [1.82, 2.24) is 0 Å². The molecule has 0 amide bonds. The number of carbonyl (C=O) groups excluding carboxylic acids is 2. The zero-order valence-electron chi connectivity index (χ0n) is 11.8. The Morgan fingerprint density at radius 3 is 2.48 bits per heavy atom. The van der Waals surface area contributed by atoms with Crippen molar-refractivity contribution in [3.63, 3.8) is 0 Å². The molecule has 2 rings (SSSR count). The molecule has 0 aromatic heterocycles. The first-order valence-electron chi connectivity index (χ1n) is 6.27. The van der Waals surface area contributed by atoms with Crippen molar-refractivity contribution in [1.29, 1.82) is 0 Å². The third-order valence-corrected chi connectivity index (χ3v) is 3.19. The van der Waals surface area contributed by atoms with E-state index in [1.807, 2.05) is 0 Å². The summed E-state index contributed by atoms with van der Waals surface area (Å²) in [5.74, 6) is -1.54. The molecular formula is C15H10ClNO6. The Hall–Kier alpha value is -2.93. The Kier molecular flexibility index (Phi) is 4.92. The number of nitro groups is 1. The number of para-hydroxylation sites is 1. The lowest BCUT2D eigenvalue weighted by Crippen LogP contribution is -2.12. The molecule has 0 heterocycles. The van der Waals surface area contributed by atoms with E-state index in [-0.39, 0.29) is 21.9 Å². The fourth-order valence-electron chi connectivity index (χ4n) is 1.77. The van der Waals surface area contributed by atoms with Crippen molar-refractivity contribution < 1.29 is 24.0 Å². The smallest absolute Gasteiger partial charge is 0.343 e. The molecule has 0 saturated carbocycles. The normalized spacial score (nSPS) is 10.0. The second kappa shape index (κ2) is 6.89. The minimum Gasteiger partial charge on any atom is -0.465 e. The van der Waals surface area contributed by atoms with Gasteiger partial charge in [-0.15, -0.1) is 0 Å². The molecule has 7 nitrogen and oxygen atoms in total. The standard InChI is InChI=1S/C15H10ClNO6/c1-22-15(19)10-4-2-3-5-13(10)23-14(18)9-6-7-11(16)12(8-9)17(20)21/h2-8H,1H3. The average Bonchev–Trinajstić information content (AvgIpc) is 2.54. The first-order chi connectivity index (χ1) is 10.9. The van der Waals surface area contributed by atoms with Gasteiger partial charge in [0.15, 0.2) is 0 Å². The number of nitrogens with zero attached hydrogens (tertiary/aromatic N) is 1. The van der Waals surface area contributed by atoms with Crippen molar-refractivity contribution in [2.24, 2.45) is 0 Å². The molecule has 0 fully saturated rings. The number of benzene rings is 2. The highest BCUT2D eigenvalue weighted by atomic mass is 35.5. The molecule has 0 aliphatic carbocycles. The van der Waals surface area contributed by atoms with Gasteiger partial charge in [-0.2, -0.15) is 0 Å². The van der Waals surface area contributed by atoms with Gasteiger partial charge in [-0.3, -0.25) is 10.1 Å². The van der Waals surface area contributed by atoms with Crippen LogP contribution in [0.5, 0.6) is 5.75 Å². The predicted octanol–water partition coefficient (Wildman–Crippen LogP) is 3.25. The van der Waals surface area contributed by atoms with Crippen LogP contribution in [0.2, 0.25) is 5.02 Å². The Bertz CT molecular complexity index is 789. The molecule has 0 saturated heterocycles. The van der Waals surface area contributed by atoms with Gasteiger partial charge < -0.3 is 9.47 Å². The molecule has 0 aliphatic rings. The monoisotopic (exact) mass is 335 g/mol. The van der Waals surface area contributed by atoms with Gasteiger partial charge in [-0.1, -0.05) is 23.7 Å². The van der Waals surface area contributed by atoms with Gasteiger partial charge in [-0.25, -0.2) is 9.59 Å². The quantitative estimate of drug-likeness (QED) is 0.368. The van der Waals surface area contributed by atoms with Crippen molar-refractivity contribution in [2.45, 2.75) is 0 Å². The molecule has 0 spiro atoms. The topological polar surface area (TPSA) is 95.7 Å². The van der Waals surface area contributed by atoms with Crippen LogP contribution in [0.15, 0.2) is 42.5 Å². The largest absolute Gasteiger partial charge is 0.465 e. The summed E-state index contributed by atoms with van der Waals surface area (Å²) < 4.78 is 9.72. The lowest BCUT2D eigenvalue weighted by Gasteiger charge is -2.08. The summed E-state index contributed by atoms with van der Waals surface area (Å²) in [6, 6.07) is 9.51. The maximum Gasteiger partial charge on any atom is 0.343 e. The highest BCUT2D eigenvalue weighted by molar-refractivity contribution is 6.32. The van der Waals surface area contributed by atoms with E-state index in [2.05, 4.69) is 4.74 Å². The molecule has 0 atom stereocenters. The second-order valence-electron chi connectivity index (χ2n) is 4.30. The summed E-state index contributed by atoms with van der Waals surface area (Å²) >= 11 is 5.69. The van der Waals surface area contributed by atoms with Crippen molar-refractivity contribution >= 4 is 29.2 Å². The van der Waals surface area contributed by atoms with Gasteiger partial charge in [0.25, 0.3) is 5.69 Å². The Balaban J connectivity index is 2.32. The molecule has 0 radical (unpaired) electrons. The number of hydrogen-bond acceptors (Lipinski definition) is 6. The van der Waals surface area contributed by atoms with Gasteiger partial charge >= 0.3 is 11.9 Å². The lowest BCUT2D eigenvalue weighted by molar-refractivity contribution is -0.384. The number of esters is 2. The van der Waals surface area contributed by atoms with Crippen LogP contribution in [-0.2, 0) is 4.74 Å². The molecule has 2 aromatic carbocycles. The third-order valence-electron chi connectivity index (χ3n) is 2.87. The van der Waals surface area contributed by atoms with Gasteiger partial charge in [0, 0.05) is 6.07 Å². The summed E-state index contributed by atoms with van der Waals surface area (Å²) in [6.45, 7) is 0. The van der Waals surface area contributed by atoms with Crippen LogP contribution in [0.3, 0.4) is 0 Å². The van der Waals surface area contributed by atoms with Gasteiger partial charge in [0.2, 0.25) is 0 Å². The number of nitro benzene ring substituents is 1. The SMILES string of the molecule is COC(=O)c1ccccc1OC(=O)c1ccc(Cl)c([N+](=O)[O-])c1.